The van der Waals surface area contributed by atoms with Crippen molar-refractivity contribution in [3.05, 3.63) is 18.2 Å². The van der Waals surface area contributed by atoms with Crippen molar-refractivity contribution in [2.75, 3.05) is 39.9 Å². The number of morpholine rings is 1. The van der Waals surface area contributed by atoms with E-state index in [1.165, 1.54) is 31.7 Å². The molecule has 0 radical (unpaired) electrons. The molecule has 10 heteroatoms. The van der Waals surface area contributed by atoms with E-state index in [4.69, 9.17) is 4.74 Å². The Morgan fingerprint density at radius 2 is 1.96 bits per heavy atom. The highest BCUT2D eigenvalue weighted by Gasteiger charge is 2.38. The van der Waals surface area contributed by atoms with Crippen LogP contribution in [0.4, 0.5) is 8.78 Å². The molecule has 0 spiro atoms. The van der Waals surface area contributed by atoms with Gasteiger partial charge >= 0.3 is 6.55 Å². The average Bonchev–Trinajstić information content (AvgIpc) is 3.18. The highest BCUT2D eigenvalue weighted by Crippen LogP contribution is 2.33. The van der Waals surface area contributed by atoms with Gasteiger partial charge in [0.1, 0.15) is 5.82 Å². The van der Waals surface area contributed by atoms with Gasteiger partial charge in [-0.2, -0.15) is 8.78 Å². The molecule has 0 amide bonds. The summed E-state index contributed by atoms with van der Waals surface area (Å²) in [5.41, 5.74) is 0.112. The van der Waals surface area contributed by atoms with E-state index in [1.807, 2.05) is 0 Å². The molecule has 1 aromatic rings. The molecule has 3 rings (SSSR count). The van der Waals surface area contributed by atoms with E-state index in [9.17, 15) is 8.78 Å². The van der Waals surface area contributed by atoms with Crippen LogP contribution < -0.4 is 10.6 Å². The van der Waals surface area contributed by atoms with Gasteiger partial charge in [-0.25, -0.2) is 4.98 Å². The van der Waals surface area contributed by atoms with Crippen molar-refractivity contribution in [3.63, 3.8) is 0 Å². The smallest absolute Gasteiger partial charge is 0.319 e. The first-order valence-corrected chi connectivity index (χ1v) is 9.72. The van der Waals surface area contributed by atoms with E-state index in [1.54, 1.807) is 7.05 Å². The standard InChI is InChI=1S/C18H30F2N6O.HI/c1-21-17(23-13-15-22-7-8-26(15)16(19)20)24-14-18(5-3-2-4-6-18)25-9-11-27-12-10-25;/h7-8,16H,2-6,9-14H2,1H3,(H2,21,23,24);1H. The highest BCUT2D eigenvalue weighted by molar-refractivity contribution is 14.0. The van der Waals surface area contributed by atoms with Gasteiger partial charge < -0.3 is 15.4 Å². The fourth-order valence-corrected chi connectivity index (χ4v) is 4.14. The van der Waals surface area contributed by atoms with Crippen LogP contribution in [0.1, 0.15) is 44.5 Å². The maximum Gasteiger partial charge on any atom is 0.319 e. The van der Waals surface area contributed by atoms with E-state index in [0.717, 1.165) is 50.3 Å². The number of imidazole rings is 1. The van der Waals surface area contributed by atoms with Crippen LogP contribution in [-0.4, -0.2) is 65.8 Å². The van der Waals surface area contributed by atoms with Crippen molar-refractivity contribution in [2.24, 2.45) is 4.99 Å². The summed E-state index contributed by atoms with van der Waals surface area (Å²) in [5.74, 6) is 0.894. The van der Waals surface area contributed by atoms with E-state index in [2.05, 4.69) is 25.5 Å². The lowest BCUT2D eigenvalue weighted by atomic mass is 9.80. The first kappa shape index (κ1) is 23.3. The van der Waals surface area contributed by atoms with Crippen molar-refractivity contribution >= 4 is 29.9 Å². The van der Waals surface area contributed by atoms with E-state index in [0.29, 0.717) is 5.96 Å². The Kier molecular flexibility index (Phi) is 9.35. The first-order chi connectivity index (χ1) is 13.1. The monoisotopic (exact) mass is 512 g/mol. The maximum atomic E-state index is 12.9. The number of hydrogen-bond donors (Lipinski definition) is 2. The Bertz CT molecular complexity index is 615. The van der Waals surface area contributed by atoms with Crippen LogP contribution in [0.15, 0.2) is 17.4 Å². The minimum absolute atomic E-state index is 0. The quantitative estimate of drug-likeness (QED) is 0.349. The fraction of sp³-hybridized carbons (Fsp3) is 0.778. The van der Waals surface area contributed by atoms with E-state index in [-0.39, 0.29) is 41.9 Å². The molecule has 1 aliphatic heterocycles. The molecule has 28 heavy (non-hydrogen) atoms. The number of halogens is 3. The van der Waals surface area contributed by atoms with Crippen molar-refractivity contribution in [2.45, 2.75) is 50.7 Å². The summed E-state index contributed by atoms with van der Waals surface area (Å²) < 4.78 is 32.3. The molecule has 2 fully saturated rings. The first-order valence-electron chi connectivity index (χ1n) is 9.72. The molecule has 160 valence electrons. The molecule has 1 saturated carbocycles. The van der Waals surface area contributed by atoms with Crippen LogP contribution >= 0.6 is 24.0 Å². The maximum absolute atomic E-state index is 12.9. The number of ether oxygens (including phenoxy) is 1. The van der Waals surface area contributed by atoms with Gasteiger partial charge in [0.05, 0.1) is 19.8 Å². The zero-order chi connectivity index (χ0) is 19.1. The second-order valence-corrected chi connectivity index (χ2v) is 7.19. The molecular weight excluding hydrogens is 481 g/mol. The Hall–Kier alpha value is -1.01. The number of guanidine groups is 1. The van der Waals surface area contributed by atoms with Gasteiger partial charge in [0.25, 0.3) is 0 Å². The van der Waals surface area contributed by atoms with Crippen LogP contribution in [0.5, 0.6) is 0 Å². The summed E-state index contributed by atoms with van der Waals surface area (Å²) in [6, 6.07) is 0. The van der Waals surface area contributed by atoms with Crippen molar-refractivity contribution in [1.82, 2.24) is 25.1 Å². The minimum Gasteiger partial charge on any atom is -0.379 e. The Morgan fingerprint density at radius 3 is 2.61 bits per heavy atom. The Balaban J connectivity index is 0.00000280. The van der Waals surface area contributed by atoms with Gasteiger partial charge in [0.15, 0.2) is 5.96 Å². The van der Waals surface area contributed by atoms with Crippen molar-refractivity contribution in [3.8, 4) is 0 Å². The summed E-state index contributed by atoms with van der Waals surface area (Å²) in [4.78, 5) is 10.8. The van der Waals surface area contributed by atoms with E-state index >= 15 is 0 Å². The number of aromatic nitrogens is 2. The molecule has 1 aliphatic carbocycles. The predicted octanol–water partition coefficient (Wildman–Crippen LogP) is 2.60. The van der Waals surface area contributed by atoms with Gasteiger partial charge in [-0.1, -0.05) is 19.3 Å². The van der Waals surface area contributed by atoms with Crippen molar-refractivity contribution < 1.29 is 13.5 Å². The lowest BCUT2D eigenvalue weighted by Gasteiger charge is -2.48. The lowest BCUT2D eigenvalue weighted by Crippen LogP contribution is -2.60. The topological polar surface area (TPSA) is 66.7 Å². The predicted molar refractivity (Wildman–Crippen MR) is 115 cm³/mol. The number of nitrogens with one attached hydrogen (secondary N) is 2. The van der Waals surface area contributed by atoms with Crippen LogP contribution in [0.3, 0.4) is 0 Å². The molecule has 0 atom stereocenters. The molecular formula is C18H31F2IN6O. The molecule has 0 aromatic carbocycles. The number of nitrogens with zero attached hydrogens (tertiary/aromatic N) is 4. The Labute approximate surface area is 182 Å². The average molecular weight is 512 g/mol. The minimum atomic E-state index is -2.59. The molecule has 7 nitrogen and oxygen atoms in total. The summed E-state index contributed by atoms with van der Waals surface area (Å²) in [7, 11) is 1.69. The van der Waals surface area contributed by atoms with Crippen molar-refractivity contribution in [1.29, 1.82) is 0 Å². The number of aliphatic imine (C=N–C) groups is 1. The van der Waals surface area contributed by atoms with Crippen LogP contribution in [0, 0.1) is 0 Å². The summed E-state index contributed by atoms with van der Waals surface area (Å²) in [5, 5.41) is 6.53. The van der Waals surface area contributed by atoms with Gasteiger partial charge in [-0.05, 0) is 12.8 Å². The highest BCUT2D eigenvalue weighted by atomic mass is 127. The normalized spacial score (nSPS) is 20.6. The van der Waals surface area contributed by atoms with Crippen LogP contribution in [0.2, 0.25) is 0 Å². The molecule has 2 N–H and O–H groups in total. The third-order valence-electron chi connectivity index (χ3n) is 5.65. The largest absolute Gasteiger partial charge is 0.379 e. The third-order valence-corrected chi connectivity index (χ3v) is 5.65. The SMILES string of the molecule is CN=C(NCc1nccn1C(F)F)NCC1(N2CCOCC2)CCCCC1.I. The second kappa shape index (κ2) is 11.2. The van der Waals surface area contributed by atoms with Crippen LogP contribution in [-0.2, 0) is 11.3 Å². The van der Waals surface area contributed by atoms with Gasteiger partial charge in [0, 0.05) is 44.6 Å². The third kappa shape index (κ3) is 5.76. The summed E-state index contributed by atoms with van der Waals surface area (Å²) in [6.07, 6.45) is 8.74. The number of alkyl halides is 2. The molecule has 2 heterocycles. The number of hydrogen-bond acceptors (Lipinski definition) is 4. The van der Waals surface area contributed by atoms with Gasteiger partial charge in [-0.15, -0.1) is 24.0 Å². The number of rotatable bonds is 6. The Morgan fingerprint density at radius 1 is 1.25 bits per heavy atom. The lowest BCUT2D eigenvalue weighted by molar-refractivity contribution is -0.0352. The fourth-order valence-electron chi connectivity index (χ4n) is 4.14. The zero-order valence-corrected chi connectivity index (χ0v) is 18.7. The second-order valence-electron chi connectivity index (χ2n) is 7.19. The zero-order valence-electron chi connectivity index (χ0n) is 16.4. The van der Waals surface area contributed by atoms with Gasteiger partial charge in [-0.3, -0.25) is 14.5 Å². The van der Waals surface area contributed by atoms with Crippen LogP contribution in [0.25, 0.3) is 0 Å². The molecule has 0 bridgehead atoms. The van der Waals surface area contributed by atoms with Gasteiger partial charge in [0.2, 0.25) is 0 Å². The summed E-state index contributed by atoms with van der Waals surface area (Å²) in [6.45, 7) is 1.87. The van der Waals surface area contributed by atoms with E-state index < -0.39 is 6.55 Å². The molecule has 1 saturated heterocycles. The molecule has 0 unspecified atom stereocenters. The summed E-state index contributed by atoms with van der Waals surface area (Å²) >= 11 is 0. The molecule has 2 aliphatic rings. The molecule has 1 aromatic heterocycles.